The summed E-state index contributed by atoms with van der Waals surface area (Å²) in [5.41, 5.74) is 2.21. The molecule has 0 saturated heterocycles. The lowest BCUT2D eigenvalue weighted by molar-refractivity contribution is 0.335. The summed E-state index contributed by atoms with van der Waals surface area (Å²) in [4.78, 5) is 0. The summed E-state index contributed by atoms with van der Waals surface area (Å²) in [5.74, 6) is 0.593. The summed E-state index contributed by atoms with van der Waals surface area (Å²) in [5, 5.41) is 12.0. The van der Waals surface area contributed by atoms with Crippen molar-refractivity contribution in [3.8, 4) is 5.69 Å². The van der Waals surface area contributed by atoms with Crippen molar-refractivity contribution < 1.29 is 0 Å². The first-order chi connectivity index (χ1) is 9.81. The summed E-state index contributed by atoms with van der Waals surface area (Å²) >= 11 is 0. The Morgan fingerprint density at radius 2 is 1.80 bits per heavy atom. The van der Waals surface area contributed by atoms with Crippen LogP contribution in [0, 0.1) is 5.92 Å². The molecule has 108 valence electrons. The second-order valence-electron chi connectivity index (χ2n) is 5.02. The predicted octanol–water partition coefficient (Wildman–Crippen LogP) is 3.35. The molecule has 1 aromatic heterocycles. The monoisotopic (exact) mass is 272 g/mol. The van der Waals surface area contributed by atoms with E-state index in [1.54, 1.807) is 0 Å². The first-order valence-electron chi connectivity index (χ1n) is 7.51. The molecule has 1 unspecified atom stereocenters. The smallest absolute Gasteiger partial charge is 0.0818 e. The van der Waals surface area contributed by atoms with E-state index in [0.717, 1.165) is 30.8 Å². The van der Waals surface area contributed by atoms with Gasteiger partial charge in [-0.05, 0) is 24.6 Å². The van der Waals surface area contributed by atoms with E-state index in [9.17, 15) is 0 Å². The fourth-order valence-electron chi connectivity index (χ4n) is 2.72. The van der Waals surface area contributed by atoms with Crippen LogP contribution in [-0.2, 0) is 0 Å². The number of rotatable bonds is 7. The molecule has 0 bridgehead atoms. The maximum atomic E-state index is 4.27. The molecule has 0 aliphatic heterocycles. The molecule has 0 radical (unpaired) electrons. The Morgan fingerprint density at radius 1 is 1.10 bits per heavy atom. The normalized spacial score (nSPS) is 12.8. The van der Waals surface area contributed by atoms with Crippen LogP contribution >= 0.6 is 0 Å². The molecule has 0 fully saturated rings. The predicted molar refractivity (Wildman–Crippen MR) is 81.8 cm³/mol. The minimum Gasteiger partial charge on any atom is -0.309 e. The van der Waals surface area contributed by atoms with Gasteiger partial charge in [-0.3, -0.25) is 0 Å². The highest BCUT2D eigenvalue weighted by Gasteiger charge is 2.24. The summed E-state index contributed by atoms with van der Waals surface area (Å²) in [6.07, 6.45) is 4.18. The Labute approximate surface area is 121 Å². The van der Waals surface area contributed by atoms with Gasteiger partial charge in [0.05, 0.1) is 23.6 Å². The topological polar surface area (TPSA) is 42.7 Å². The van der Waals surface area contributed by atoms with Gasteiger partial charge in [0, 0.05) is 0 Å². The Bertz CT molecular complexity index is 502. The molecule has 1 aromatic carbocycles. The SMILES string of the molecule is CCNC(c1cnnn1-c1ccccc1)C(CC)CC. The Kier molecular flexibility index (Phi) is 5.30. The minimum absolute atomic E-state index is 0.296. The summed E-state index contributed by atoms with van der Waals surface area (Å²) in [7, 11) is 0. The zero-order valence-electron chi connectivity index (χ0n) is 12.6. The van der Waals surface area contributed by atoms with Crippen LogP contribution in [0.25, 0.3) is 5.69 Å². The van der Waals surface area contributed by atoms with Crippen molar-refractivity contribution in [2.75, 3.05) is 6.54 Å². The molecule has 0 amide bonds. The molecule has 1 heterocycles. The highest BCUT2D eigenvalue weighted by Crippen LogP contribution is 2.28. The Balaban J connectivity index is 2.37. The number of nitrogens with one attached hydrogen (secondary N) is 1. The van der Waals surface area contributed by atoms with Gasteiger partial charge in [0.2, 0.25) is 0 Å². The number of benzene rings is 1. The van der Waals surface area contributed by atoms with Gasteiger partial charge in [-0.2, -0.15) is 0 Å². The number of hydrogen-bond acceptors (Lipinski definition) is 3. The van der Waals surface area contributed by atoms with Crippen LogP contribution in [-0.4, -0.2) is 21.5 Å². The van der Waals surface area contributed by atoms with Crippen molar-refractivity contribution in [2.45, 2.75) is 39.7 Å². The van der Waals surface area contributed by atoms with E-state index < -0.39 is 0 Å². The molecule has 4 nitrogen and oxygen atoms in total. The Morgan fingerprint density at radius 3 is 2.40 bits per heavy atom. The van der Waals surface area contributed by atoms with Gasteiger partial charge in [-0.1, -0.05) is 57.0 Å². The molecule has 1 atom stereocenters. The van der Waals surface area contributed by atoms with E-state index in [2.05, 4.69) is 48.5 Å². The fraction of sp³-hybridized carbons (Fsp3) is 0.500. The van der Waals surface area contributed by atoms with E-state index in [1.165, 1.54) is 0 Å². The largest absolute Gasteiger partial charge is 0.309 e. The van der Waals surface area contributed by atoms with Gasteiger partial charge < -0.3 is 5.32 Å². The van der Waals surface area contributed by atoms with Crippen LogP contribution < -0.4 is 5.32 Å². The van der Waals surface area contributed by atoms with Gasteiger partial charge in [-0.15, -0.1) is 5.10 Å². The molecule has 2 aromatic rings. The molecular weight excluding hydrogens is 248 g/mol. The number of nitrogens with zero attached hydrogens (tertiary/aromatic N) is 3. The third kappa shape index (κ3) is 3.07. The second-order valence-corrected chi connectivity index (χ2v) is 5.02. The van der Waals surface area contributed by atoms with Crippen LogP contribution in [0.4, 0.5) is 0 Å². The van der Waals surface area contributed by atoms with Gasteiger partial charge in [0.1, 0.15) is 0 Å². The number of para-hydroxylation sites is 1. The molecular formula is C16H24N4. The van der Waals surface area contributed by atoms with Crippen molar-refractivity contribution in [2.24, 2.45) is 5.92 Å². The Hall–Kier alpha value is -1.68. The average Bonchev–Trinajstić information content (AvgIpc) is 2.97. The molecule has 0 aliphatic carbocycles. The van der Waals surface area contributed by atoms with Crippen molar-refractivity contribution in [3.63, 3.8) is 0 Å². The summed E-state index contributed by atoms with van der Waals surface area (Å²) < 4.78 is 1.95. The van der Waals surface area contributed by atoms with E-state index >= 15 is 0 Å². The molecule has 20 heavy (non-hydrogen) atoms. The van der Waals surface area contributed by atoms with Crippen LogP contribution in [0.1, 0.15) is 45.3 Å². The molecule has 2 rings (SSSR count). The quantitative estimate of drug-likeness (QED) is 0.840. The van der Waals surface area contributed by atoms with Crippen LogP contribution in [0.15, 0.2) is 36.5 Å². The summed E-state index contributed by atoms with van der Waals surface area (Å²) in [6, 6.07) is 10.5. The summed E-state index contributed by atoms with van der Waals surface area (Å²) in [6.45, 7) is 7.58. The van der Waals surface area contributed by atoms with Crippen LogP contribution in [0.5, 0.6) is 0 Å². The molecule has 0 aliphatic rings. The van der Waals surface area contributed by atoms with Crippen LogP contribution in [0.3, 0.4) is 0 Å². The number of hydrogen-bond donors (Lipinski definition) is 1. The lowest BCUT2D eigenvalue weighted by atomic mass is 9.92. The zero-order valence-corrected chi connectivity index (χ0v) is 12.6. The van der Waals surface area contributed by atoms with Crippen molar-refractivity contribution in [1.82, 2.24) is 20.3 Å². The minimum atomic E-state index is 0.296. The highest BCUT2D eigenvalue weighted by atomic mass is 15.4. The molecule has 4 heteroatoms. The maximum absolute atomic E-state index is 4.27. The zero-order chi connectivity index (χ0) is 14.4. The molecule has 1 N–H and O–H groups in total. The van der Waals surface area contributed by atoms with E-state index in [4.69, 9.17) is 0 Å². The van der Waals surface area contributed by atoms with Crippen LogP contribution in [0.2, 0.25) is 0 Å². The molecule has 0 spiro atoms. The van der Waals surface area contributed by atoms with Gasteiger partial charge >= 0.3 is 0 Å². The first kappa shape index (κ1) is 14.7. The second kappa shape index (κ2) is 7.20. The third-order valence-corrected chi connectivity index (χ3v) is 3.84. The maximum Gasteiger partial charge on any atom is 0.0818 e. The van der Waals surface area contributed by atoms with Crippen molar-refractivity contribution in [3.05, 3.63) is 42.2 Å². The lowest BCUT2D eigenvalue weighted by Crippen LogP contribution is -2.29. The van der Waals surface area contributed by atoms with Gasteiger partial charge in [-0.25, -0.2) is 4.68 Å². The first-order valence-corrected chi connectivity index (χ1v) is 7.51. The third-order valence-electron chi connectivity index (χ3n) is 3.84. The lowest BCUT2D eigenvalue weighted by Gasteiger charge is -2.26. The van der Waals surface area contributed by atoms with Crippen molar-refractivity contribution >= 4 is 0 Å². The molecule has 0 saturated carbocycles. The standard InChI is InChI=1S/C16H24N4/c1-4-13(5-2)16(17-6-3)15-12-18-19-20(15)14-10-8-7-9-11-14/h7-13,16-17H,4-6H2,1-3H3. The van der Waals surface area contributed by atoms with E-state index in [0.29, 0.717) is 12.0 Å². The van der Waals surface area contributed by atoms with E-state index in [1.807, 2.05) is 29.1 Å². The number of aromatic nitrogens is 3. The van der Waals surface area contributed by atoms with Crippen molar-refractivity contribution in [1.29, 1.82) is 0 Å². The highest BCUT2D eigenvalue weighted by molar-refractivity contribution is 5.32. The van der Waals surface area contributed by atoms with Gasteiger partial charge in [0.15, 0.2) is 0 Å². The average molecular weight is 272 g/mol. The fourth-order valence-corrected chi connectivity index (χ4v) is 2.72. The van der Waals surface area contributed by atoms with E-state index in [-0.39, 0.29) is 0 Å². The van der Waals surface area contributed by atoms with Gasteiger partial charge in [0.25, 0.3) is 0 Å².